The van der Waals surface area contributed by atoms with Gasteiger partial charge in [0.05, 0.1) is 11.1 Å². The molecule has 1 aliphatic rings. The number of nitrogens with one attached hydrogen (secondary N) is 1. The van der Waals surface area contributed by atoms with Gasteiger partial charge in [-0.05, 0) is 30.7 Å². The van der Waals surface area contributed by atoms with Gasteiger partial charge in [0.2, 0.25) is 10.0 Å². The van der Waals surface area contributed by atoms with E-state index in [4.69, 9.17) is 0 Å². The van der Waals surface area contributed by atoms with Gasteiger partial charge in [0.1, 0.15) is 4.21 Å². The smallest absolute Gasteiger partial charge is 0.261 e. The van der Waals surface area contributed by atoms with Gasteiger partial charge in [-0.2, -0.15) is 0 Å². The lowest BCUT2D eigenvalue weighted by Gasteiger charge is -2.14. The van der Waals surface area contributed by atoms with Crippen molar-refractivity contribution in [2.75, 3.05) is 13.1 Å². The molecule has 1 aromatic heterocycles. The molecule has 0 saturated heterocycles. The molecule has 3 rings (SSSR count). The number of nitrogens with zero attached hydrogens (tertiary/aromatic N) is 1. The third kappa shape index (κ3) is 3.00. The van der Waals surface area contributed by atoms with Crippen LogP contribution in [0.2, 0.25) is 0 Å². The summed E-state index contributed by atoms with van der Waals surface area (Å²) in [4.78, 5) is 26.5. The Labute approximate surface area is 144 Å². The lowest BCUT2D eigenvalue weighted by molar-refractivity contribution is 0.0657. The van der Waals surface area contributed by atoms with E-state index < -0.39 is 10.0 Å². The number of rotatable bonds is 6. The van der Waals surface area contributed by atoms with E-state index in [-0.39, 0.29) is 29.1 Å². The molecule has 0 atom stereocenters. The molecule has 1 N–H and O–H groups in total. The highest BCUT2D eigenvalue weighted by Crippen LogP contribution is 2.23. The minimum absolute atomic E-state index is 0.00239. The third-order valence-electron chi connectivity index (χ3n) is 3.76. The highest BCUT2D eigenvalue weighted by atomic mass is 32.2. The van der Waals surface area contributed by atoms with E-state index in [9.17, 15) is 18.0 Å². The normalized spacial score (nSPS) is 14.3. The van der Waals surface area contributed by atoms with Gasteiger partial charge >= 0.3 is 0 Å². The Bertz CT molecular complexity index is 867. The van der Waals surface area contributed by atoms with Crippen molar-refractivity contribution in [2.45, 2.75) is 17.6 Å². The van der Waals surface area contributed by atoms with Gasteiger partial charge in [-0.25, -0.2) is 13.1 Å². The molecule has 0 unspecified atom stereocenters. The van der Waals surface area contributed by atoms with E-state index >= 15 is 0 Å². The predicted octanol–water partition coefficient (Wildman–Crippen LogP) is 1.88. The Balaban J connectivity index is 1.65. The maximum absolute atomic E-state index is 12.2. The van der Waals surface area contributed by atoms with E-state index in [1.807, 2.05) is 6.92 Å². The van der Waals surface area contributed by atoms with Gasteiger partial charge < -0.3 is 0 Å². The van der Waals surface area contributed by atoms with Gasteiger partial charge in [0.15, 0.2) is 0 Å². The Morgan fingerprint density at radius 1 is 1.04 bits per heavy atom. The first-order chi connectivity index (χ1) is 11.4. The number of hydrogen-bond donors (Lipinski definition) is 1. The Morgan fingerprint density at radius 3 is 2.21 bits per heavy atom. The standard InChI is InChI=1S/C16H16N2O4S2/c1-2-11-7-8-14(23-11)24(21,22)17-9-10-18-15(19)12-5-3-4-6-13(12)16(18)20/h3-8,17H,2,9-10H2,1H3. The fourth-order valence-electron chi connectivity index (χ4n) is 2.50. The number of amides is 2. The largest absolute Gasteiger partial charge is 0.273 e. The van der Waals surface area contributed by atoms with Crippen molar-refractivity contribution in [1.29, 1.82) is 0 Å². The van der Waals surface area contributed by atoms with Crippen molar-refractivity contribution in [1.82, 2.24) is 9.62 Å². The molecule has 0 bridgehead atoms. The van der Waals surface area contributed by atoms with Crippen LogP contribution in [0.15, 0.2) is 40.6 Å². The molecular weight excluding hydrogens is 348 g/mol. The second-order valence-corrected chi connectivity index (χ2v) is 8.44. The number of carbonyl (C=O) groups excluding carboxylic acids is 2. The number of hydrogen-bond acceptors (Lipinski definition) is 5. The van der Waals surface area contributed by atoms with Crippen LogP contribution in [0.5, 0.6) is 0 Å². The van der Waals surface area contributed by atoms with E-state index in [1.54, 1.807) is 36.4 Å². The predicted molar refractivity (Wildman–Crippen MR) is 90.7 cm³/mol. The number of thiophene rings is 1. The van der Waals surface area contributed by atoms with Gasteiger partial charge in [0, 0.05) is 18.0 Å². The van der Waals surface area contributed by atoms with Crippen LogP contribution in [0.3, 0.4) is 0 Å². The topological polar surface area (TPSA) is 83.6 Å². The van der Waals surface area contributed by atoms with Crippen LogP contribution in [0.4, 0.5) is 0 Å². The molecule has 0 aliphatic carbocycles. The number of imide groups is 1. The van der Waals surface area contributed by atoms with Crippen LogP contribution in [-0.4, -0.2) is 38.2 Å². The molecule has 0 radical (unpaired) electrons. The van der Waals surface area contributed by atoms with Crippen LogP contribution in [0.1, 0.15) is 32.5 Å². The number of carbonyl (C=O) groups is 2. The Morgan fingerprint density at radius 2 is 1.67 bits per heavy atom. The van der Waals surface area contributed by atoms with E-state index in [0.717, 1.165) is 16.2 Å². The summed E-state index contributed by atoms with van der Waals surface area (Å²) in [6, 6.07) is 9.92. The molecule has 2 heterocycles. The van der Waals surface area contributed by atoms with Crippen molar-refractivity contribution in [2.24, 2.45) is 0 Å². The van der Waals surface area contributed by atoms with Crippen molar-refractivity contribution in [3.63, 3.8) is 0 Å². The first-order valence-electron chi connectivity index (χ1n) is 7.47. The number of benzene rings is 1. The van der Waals surface area contributed by atoms with Crippen molar-refractivity contribution >= 4 is 33.2 Å². The molecule has 8 heteroatoms. The quantitative estimate of drug-likeness (QED) is 0.794. The summed E-state index contributed by atoms with van der Waals surface area (Å²) < 4.78 is 27.1. The van der Waals surface area contributed by atoms with Crippen molar-refractivity contribution < 1.29 is 18.0 Å². The van der Waals surface area contributed by atoms with Crippen LogP contribution < -0.4 is 4.72 Å². The maximum atomic E-state index is 12.2. The SMILES string of the molecule is CCc1ccc(S(=O)(=O)NCCN2C(=O)c3ccccc3C2=O)s1. The minimum atomic E-state index is -3.62. The zero-order chi connectivity index (χ0) is 17.3. The number of sulfonamides is 1. The van der Waals surface area contributed by atoms with Crippen LogP contribution >= 0.6 is 11.3 Å². The molecule has 1 aromatic carbocycles. The number of aryl methyl sites for hydroxylation is 1. The van der Waals surface area contributed by atoms with Gasteiger partial charge in [-0.3, -0.25) is 14.5 Å². The maximum Gasteiger partial charge on any atom is 0.261 e. The molecule has 0 spiro atoms. The zero-order valence-electron chi connectivity index (χ0n) is 13.0. The summed E-state index contributed by atoms with van der Waals surface area (Å²) in [5.74, 6) is -0.779. The lowest BCUT2D eigenvalue weighted by atomic mass is 10.1. The Kier molecular flexibility index (Phi) is 4.53. The van der Waals surface area contributed by atoms with Gasteiger partial charge in [-0.15, -0.1) is 11.3 Å². The summed E-state index contributed by atoms with van der Waals surface area (Å²) in [6.07, 6.45) is 0.773. The van der Waals surface area contributed by atoms with E-state index in [2.05, 4.69) is 4.72 Å². The molecule has 126 valence electrons. The molecular formula is C16H16N2O4S2. The molecule has 2 aromatic rings. The summed E-state index contributed by atoms with van der Waals surface area (Å²) in [6.45, 7) is 1.93. The minimum Gasteiger partial charge on any atom is -0.273 e. The first kappa shape index (κ1) is 16.8. The monoisotopic (exact) mass is 364 g/mol. The molecule has 1 aliphatic heterocycles. The van der Waals surface area contributed by atoms with Gasteiger partial charge in [0.25, 0.3) is 11.8 Å². The average Bonchev–Trinajstić information content (AvgIpc) is 3.15. The zero-order valence-corrected chi connectivity index (χ0v) is 14.6. The second kappa shape index (κ2) is 6.46. The fourth-order valence-corrected chi connectivity index (χ4v) is 4.86. The van der Waals surface area contributed by atoms with Crippen LogP contribution in [0, 0.1) is 0 Å². The summed E-state index contributed by atoms with van der Waals surface area (Å²) in [5, 5.41) is 0. The van der Waals surface area contributed by atoms with E-state index in [1.165, 1.54) is 11.3 Å². The molecule has 6 nitrogen and oxygen atoms in total. The highest BCUT2D eigenvalue weighted by molar-refractivity contribution is 7.91. The summed E-state index contributed by atoms with van der Waals surface area (Å²) >= 11 is 1.22. The molecule has 2 amide bonds. The summed E-state index contributed by atoms with van der Waals surface area (Å²) in [5.41, 5.74) is 0.715. The van der Waals surface area contributed by atoms with Crippen molar-refractivity contribution in [3.8, 4) is 0 Å². The molecule has 24 heavy (non-hydrogen) atoms. The number of fused-ring (bicyclic) bond motifs is 1. The van der Waals surface area contributed by atoms with Crippen LogP contribution in [0.25, 0.3) is 0 Å². The summed E-state index contributed by atoms with van der Waals surface area (Å²) in [7, 11) is -3.62. The third-order valence-corrected chi connectivity index (χ3v) is 6.94. The van der Waals surface area contributed by atoms with E-state index in [0.29, 0.717) is 11.1 Å². The van der Waals surface area contributed by atoms with Crippen LogP contribution in [-0.2, 0) is 16.4 Å². The first-order valence-corrected chi connectivity index (χ1v) is 9.77. The fraction of sp³-hybridized carbons (Fsp3) is 0.250. The lowest BCUT2D eigenvalue weighted by Crippen LogP contribution is -2.37. The molecule has 0 saturated carbocycles. The average molecular weight is 364 g/mol. The second-order valence-electron chi connectivity index (χ2n) is 5.28. The van der Waals surface area contributed by atoms with Crippen molar-refractivity contribution in [3.05, 3.63) is 52.4 Å². The Hall–Kier alpha value is -2.03. The van der Waals surface area contributed by atoms with Gasteiger partial charge in [-0.1, -0.05) is 19.1 Å². The molecule has 0 fully saturated rings. The highest BCUT2D eigenvalue weighted by Gasteiger charge is 2.34.